The second kappa shape index (κ2) is 12.6. The van der Waals surface area contributed by atoms with Gasteiger partial charge in [-0.1, -0.05) is 42.8 Å². The number of nitrogen functional groups attached to an aromatic ring is 1. The molecule has 10 heteroatoms. The molecule has 0 unspecified atom stereocenters. The van der Waals surface area contributed by atoms with E-state index in [2.05, 4.69) is 5.32 Å². The number of nitrogens with one attached hydrogen (secondary N) is 1. The molecule has 3 atom stereocenters. The minimum absolute atomic E-state index is 0.0610. The van der Waals surface area contributed by atoms with Crippen molar-refractivity contribution in [3.63, 3.8) is 0 Å². The summed E-state index contributed by atoms with van der Waals surface area (Å²) in [5, 5.41) is 24.7. The van der Waals surface area contributed by atoms with E-state index in [4.69, 9.17) is 17.3 Å². The Morgan fingerprint density at radius 1 is 1.14 bits per heavy atom. The maximum atomic E-state index is 13.9. The SMILES string of the molecule is C[C@@H](/C=C/CC(=O)N1CCC[C@H]1CO)[C@]1(O)C(=O)N(Cc2ccc(NC(=O)c3ccc(N)cc3)cc2)c2ccc(Cl)cc21. The zero-order chi connectivity index (χ0) is 30.7. The molecular weight excluding hydrogens is 568 g/mol. The van der Waals surface area contributed by atoms with Crippen LogP contribution in [-0.4, -0.2) is 52.0 Å². The minimum Gasteiger partial charge on any atom is -0.399 e. The van der Waals surface area contributed by atoms with Crippen LogP contribution in [0.2, 0.25) is 5.02 Å². The van der Waals surface area contributed by atoms with Crippen LogP contribution in [0.5, 0.6) is 0 Å². The van der Waals surface area contributed by atoms with Gasteiger partial charge < -0.3 is 31.1 Å². The second-order valence-corrected chi connectivity index (χ2v) is 11.5. The summed E-state index contributed by atoms with van der Waals surface area (Å²) >= 11 is 6.30. The number of amides is 3. The van der Waals surface area contributed by atoms with E-state index in [1.807, 2.05) is 12.1 Å². The number of nitrogens with two attached hydrogens (primary N) is 1. The molecule has 224 valence electrons. The standard InChI is InChI=1S/C33H35ClN4O5/c1-21(4-2-6-30(40)37-17-3-5-27(37)20-39)33(43)28-18-24(34)11-16-29(28)38(32(33)42)19-22-7-14-26(15-8-22)36-31(41)23-9-12-25(35)13-10-23/h2,4,7-16,18,21,27,39,43H,3,5-6,17,19-20,35H2,1H3,(H,36,41)/b4-2+/t21-,27-,33+/m0/s1. The molecule has 2 aliphatic rings. The molecule has 0 aliphatic carbocycles. The van der Waals surface area contributed by atoms with Gasteiger partial charge in [-0.25, -0.2) is 0 Å². The highest BCUT2D eigenvalue weighted by Gasteiger charge is 2.52. The molecule has 2 heterocycles. The number of aliphatic hydroxyl groups excluding tert-OH is 1. The lowest BCUT2D eigenvalue weighted by Crippen LogP contribution is -2.44. The first kappa shape index (κ1) is 30.3. The molecule has 0 spiro atoms. The van der Waals surface area contributed by atoms with Gasteiger partial charge >= 0.3 is 0 Å². The van der Waals surface area contributed by atoms with Crippen LogP contribution in [-0.2, 0) is 21.7 Å². The summed E-state index contributed by atoms with van der Waals surface area (Å²) in [4.78, 5) is 42.3. The normalized spacial score (nSPS) is 20.5. The van der Waals surface area contributed by atoms with Crippen molar-refractivity contribution in [3.8, 4) is 0 Å². The molecule has 1 fully saturated rings. The van der Waals surface area contributed by atoms with Crippen LogP contribution in [0, 0.1) is 5.92 Å². The number of hydrogen-bond acceptors (Lipinski definition) is 6. The zero-order valence-electron chi connectivity index (χ0n) is 23.9. The van der Waals surface area contributed by atoms with Crippen LogP contribution in [0.4, 0.5) is 17.1 Å². The van der Waals surface area contributed by atoms with Crippen LogP contribution in [0.15, 0.2) is 78.9 Å². The van der Waals surface area contributed by atoms with E-state index in [0.29, 0.717) is 39.8 Å². The molecule has 2 aliphatic heterocycles. The molecule has 0 aromatic heterocycles. The van der Waals surface area contributed by atoms with Crippen molar-refractivity contribution in [2.45, 2.75) is 44.4 Å². The summed E-state index contributed by atoms with van der Waals surface area (Å²) in [5.74, 6) is -1.51. The Morgan fingerprint density at radius 2 is 1.86 bits per heavy atom. The third-order valence-electron chi connectivity index (χ3n) is 8.24. The average molecular weight is 603 g/mol. The molecule has 0 saturated carbocycles. The third kappa shape index (κ3) is 6.15. The molecule has 5 N–H and O–H groups in total. The molecule has 3 amide bonds. The van der Waals surface area contributed by atoms with E-state index in [9.17, 15) is 24.6 Å². The molecule has 3 aromatic rings. The van der Waals surface area contributed by atoms with Crippen molar-refractivity contribution in [1.29, 1.82) is 0 Å². The number of rotatable bonds is 9. The number of halogens is 1. The van der Waals surface area contributed by atoms with E-state index in [-0.39, 0.29) is 37.4 Å². The molecule has 3 aromatic carbocycles. The third-order valence-corrected chi connectivity index (χ3v) is 8.48. The fourth-order valence-electron chi connectivity index (χ4n) is 5.77. The van der Waals surface area contributed by atoms with Crippen LogP contribution in [0.1, 0.15) is 47.7 Å². The highest BCUT2D eigenvalue weighted by Crippen LogP contribution is 2.46. The number of carbonyl (C=O) groups is 3. The lowest BCUT2D eigenvalue weighted by molar-refractivity contribution is -0.139. The summed E-state index contributed by atoms with van der Waals surface area (Å²) in [6.45, 7) is 2.48. The fraction of sp³-hybridized carbons (Fsp3) is 0.303. The van der Waals surface area contributed by atoms with Gasteiger partial charge in [-0.05, 0) is 73.0 Å². The Hall–Kier alpha value is -4.18. The number of nitrogens with zero attached hydrogens (tertiary/aromatic N) is 2. The minimum atomic E-state index is -1.88. The molecule has 1 saturated heterocycles. The van der Waals surface area contributed by atoms with Gasteiger partial charge in [-0.15, -0.1) is 0 Å². The van der Waals surface area contributed by atoms with Crippen molar-refractivity contribution in [1.82, 2.24) is 4.90 Å². The van der Waals surface area contributed by atoms with E-state index in [0.717, 1.165) is 18.4 Å². The highest BCUT2D eigenvalue weighted by atomic mass is 35.5. The maximum Gasteiger partial charge on any atom is 0.264 e. The molecule has 0 radical (unpaired) electrons. The van der Waals surface area contributed by atoms with Gasteiger partial charge in [0.2, 0.25) is 5.91 Å². The Balaban J connectivity index is 1.30. The van der Waals surface area contributed by atoms with Gasteiger partial charge in [0.25, 0.3) is 11.8 Å². The highest BCUT2D eigenvalue weighted by molar-refractivity contribution is 6.31. The average Bonchev–Trinajstić information content (AvgIpc) is 3.56. The Kier molecular flexibility index (Phi) is 8.87. The number of hydrogen-bond donors (Lipinski definition) is 4. The van der Waals surface area contributed by atoms with E-state index in [1.165, 1.54) is 4.90 Å². The molecule has 5 rings (SSSR count). The predicted molar refractivity (Wildman–Crippen MR) is 167 cm³/mol. The second-order valence-electron chi connectivity index (χ2n) is 11.1. The van der Waals surface area contributed by atoms with Crippen molar-refractivity contribution in [2.24, 2.45) is 5.92 Å². The van der Waals surface area contributed by atoms with E-state index in [1.54, 1.807) is 78.6 Å². The molecule has 0 bridgehead atoms. The van der Waals surface area contributed by atoms with Crippen LogP contribution < -0.4 is 16.0 Å². The molecular formula is C33H35ClN4O5. The van der Waals surface area contributed by atoms with Gasteiger partial charge in [0.1, 0.15) is 0 Å². The summed E-state index contributed by atoms with van der Waals surface area (Å²) in [6.07, 6.45) is 5.12. The zero-order valence-corrected chi connectivity index (χ0v) is 24.6. The largest absolute Gasteiger partial charge is 0.399 e. The number of carbonyl (C=O) groups excluding carboxylic acids is 3. The smallest absolute Gasteiger partial charge is 0.264 e. The first-order valence-electron chi connectivity index (χ1n) is 14.3. The van der Waals surface area contributed by atoms with Crippen molar-refractivity contribution in [2.75, 3.05) is 29.1 Å². The van der Waals surface area contributed by atoms with Gasteiger partial charge in [0, 0.05) is 46.4 Å². The quantitative estimate of drug-likeness (QED) is 0.211. The maximum absolute atomic E-state index is 13.9. The van der Waals surface area contributed by atoms with Crippen LogP contribution >= 0.6 is 11.6 Å². The number of aliphatic hydroxyl groups is 2. The topological polar surface area (TPSA) is 136 Å². The van der Waals surface area contributed by atoms with Crippen molar-refractivity contribution in [3.05, 3.63) is 101 Å². The first-order chi connectivity index (χ1) is 20.6. The summed E-state index contributed by atoms with van der Waals surface area (Å²) in [6, 6.07) is 18.6. The number of fused-ring (bicyclic) bond motifs is 1. The van der Waals surface area contributed by atoms with Gasteiger partial charge in [-0.2, -0.15) is 0 Å². The predicted octanol–water partition coefficient (Wildman–Crippen LogP) is 4.47. The van der Waals surface area contributed by atoms with Crippen molar-refractivity contribution >= 4 is 46.4 Å². The van der Waals surface area contributed by atoms with Gasteiger partial charge in [0.15, 0.2) is 5.60 Å². The number of benzene rings is 3. The first-order valence-corrected chi connectivity index (χ1v) is 14.7. The Labute approximate surface area is 255 Å². The number of likely N-dealkylation sites (tertiary alicyclic amines) is 1. The number of anilines is 3. The monoisotopic (exact) mass is 602 g/mol. The fourth-order valence-corrected chi connectivity index (χ4v) is 5.95. The lowest BCUT2D eigenvalue weighted by atomic mass is 9.83. The van der Waals surface area contributed by atoms with E-state index < -0.39 is 17.4 Å². The van der Waals surface area contributed by atoms with Crippen LogP contribution in [0.3, 0.4) is 0 Å². The van der Waals surface area contributed by atoms with Crippen molar-refractivity contribution < 1.29 is 24.6 Å². The summed E-state index contributed by atoms with van der Waals surface area (Å²) < 4.78 is 0. The van der Waals surface area contributed by atoms with E-state index >= 15 is 0 Å². The lowest BCUT2D eigenvalue weighted by Gasteiger charge is -2.28. The summed E-state index contributed by atoms with van der Waals surface area (Å²) in [7, 11) is 0. The van der Waals surface area contributed by atoms with Gasteiger partial charge in [0.05, 0.1) is 24.9 Å². The molecule has 43 heavy (non-hydrogen) atoms. The summed E-state index contributed by atoms with van der Waals surface area (Å²) in [5.41, 5.74) is 7.21. The Bertz CT molecular complexity index is 1540. The van der Waals surface area contributed by atoms with Gasteiger partial charge in [-0.3, -0.25) is 14.4 Å². The Morgan fingerprint density at radius 3 is 2.56 bits per heavy atom. The molecule has 9 nitrogen and oxygen atoms in total. The van der Waals surface area contributed by atoms with Crippen LogP contribution in [0.25, 0.3) is 0 Å².